The zero-order chi connectivity index (χ0) is 14.5. The van der Waals surface area contributed by atoms with Gasteiger partial charge in [-0.2, -0.15) is 0 Å². The number of carbonyl (C=O) groups excluding carboxylic acids is 3. The lowest BCUT2D eigenvalue weighted by Crippen LogP contribution is -2.40. The Labute approximate surface area is 112 Å². The van der Waals surface area contributed by atoms with Crippen molar-refractivity contribution < 1.29 is 19.5 Å². The Hall–Kier alpha value is -1.63. The number of amides is 4. The zero-order valence-corrected chi connectivity index (χ0v) is 11.4. The number of rotatable bonds is 7. The molecule has 0 spiro atoms. The molecule has 108 valence electrons. The van der Waals surface area contributed by atoms with E-state index in [9.17, 15) is 14.4 Å². The number of nitrogens with one attached hydrogen (secondary N) is 2. The van der Waals surface area contributed by atoms with Crippen molar-refractivity contribution in [1.29, 1.82) is 0 Å². The Morgan fingerprint density at radius 3 is 2.58 bits per heavy atom. The standard InChI is InChI=1S/C12H21N3O4/c1-12(2)10(18)15(11(19)14-12)7-5-9(17)13-6-3-4-8-16/h16H,3-8H2,1-2H3,(H,13,17)(H,14,19). The van der Waals surface area contributed by atoms with Gasteiger partial charge in [0.25, 0.3) is 5.91 Å². The van der Waals surface area contributed by atoms with E-state index in [1.807, 2.05) is 0 Å². The minimum absolute atomic E-state index is 0.0833. The van der Waals surface area contributed by atoms with Gasteiger partial charge < -0.3 is 15.7 Å². The van der Waals surface area contributed by atoms with E-state index in [1.54, 1.807) is 13.8 Å². The fourth-order valence-corrected chi connectivity index (χ4v) is 1.79. The first kappa shape index (κ1) is 15.4. The van der Waals surface area contributed by atoms with Crippen LogP contribution < -0.4 is 10.6 Å². The molecule has 0 aliphatic carbocycles. The summed E-state index contributed by atoms with van der Waals surface area (Å²) < 4.78 is 0. The molecule has 0 aromatic rings. The summed E-state index contributed by atoms with van der Waals surface area (Å²) in [5.41, 5.74) is -0.894. The largest absolute Gasteiger partial charge is 0.396 e. The van der Waals surface area contributed by atoms with Gasteiger partial charge in [0.2, 0.25) is 5.91 Å². The van der Waals surface area contributed by atoms with E-state index in [0.717, 1.165) is 4.90 Å². The molecule has 1 rings (SSSR count). The van der Waals surface area contributed by atoms with E-state index in [-0.39, 0.29) is 31.4 Å². The first-order valence-corrected chi connectivity index (χ1v) is 6.40. The monoisotopic (exact) mass is 271 g/mol. The summed E-state index contributed by atoms with van der Waals surface area (Å²) in [4.78, 5) is 35.9. The second-order valence-corrected chi connectivity index (χ2v) is 5.04. The highest BCUT2D eigenvalue weighted by molar-refractivity contribution is 6.06. The van der Waals surface area contributed by atoms with Crippen molar-refractivity contribution in [3.63, 3.8) is 0 Å². The van der Waals surface area contributed by atoms with Crippen molar-refractivity contribution in [1.82, 2.24) is 15.5 Å². The summed E-state index contributed by atoms with van der Waals surface area (Å²) in [7, 11) is 0. The molecular weight excluding hydrogens is 250 g/mol. The first-order valence-electron chi connectivity index (χ1n) is 6.40. The lowest BCUT2D eigenvalue weighted by atomic mass is 10.1. The maximum absolute atomic E-state index is 11.8. The molecule has 3 N–H and O–H groups in total. The molecule has 0 radical (unpaired) electrons. The highest BCUT2D eigenvalue weighted by atomic mass is 16.3. The van der Waals surface area contributed by atoms with Gasteiger partial charge in [-0.25, -0.2) is 4.79 Å². The van der Waals surface area contributed by atoms with Crippen molar-refractivity contribution in [3.05, 3.63) is 0 Å². The molecule has 7 heteroatoms. The van der Waals surface area contributed by atoms with E-state index in [2.05, 4.69) is 10.6 Å². The van der Waals surface area contributed by atoms with Crippen LogP contribution in [0.1, 0.15) is 33.1 Å². The van der Waals surface area contributed by atoms with Gasteiger partial charge in [-0.15, -0.1) is 0 Å². The number of hydrogen-bond acceptors (Lipinski definition) is 4. The number of nitrogens with zero attached hydrogens (tertiary/aromatic N) is 1. The van der Waals surface area contributed by atoms with Crippen LogP contribution in [0, 0.1) is 0 Å². The van der Waals surface area contributed by atoms with Gasteiger partial charge in [-0.1, -0.05) is 0 Å². The van der Waals surface area contributed by atoms with Crippen molar-refractivity contribution >= 4 is 17.8 Å². The number of imide groups is 1. The molecule has 0 unspecified atom stereocenters. The molecule has 1 saturated heterocycles. The van der Waals surface area contributed by atoms with Gasteiger partial charge in [-0.3, -0.25) is 14.5 Å². The fraction of sp³-hybridized carbons (Fsp3) is 0.750. The Morgan fingerprint density at radius 1 is 1.37 bits per heavy atom. The molecule has 0 atom stereocenters. The maximum Gasteiger partial charge on any atom is 0.325 e. The van der Waals surface area contributed by atoms with Crippen LogP contribution in [0.25, 0.3) is 0 Å². The van der Waals surface area contributed by atoms with E-state index in [1.165, 1.54) is 0 Å². The first-order chi connectivity index (χ1) is 8.88. The Bertz CT molecular complexity index is 368. The van der Waals surface area contributed by atoms with Gasteiger partial charge in [0.05, 0.1) is 0 Å². The predicted octanol–water partition coefficient (Wildman–Crippen LogP) is -0.404. The lowest BCUT2D eigenvalue weighted by Gasteiger charge is -2.15. The highest BCUT2D eigenvalue weighted by Gasteiger charge is 2.43. The molecule has 19 heavy (non-hydrogen) atoms. The molecule has 7 nitrogen and oxygen atoms in total. The third-order valence-electron chi connectivity index (χ3n) is 2.91. The average molecular weight is 271 g/mol. The summed E-state index contributed by atoms with van der Waals surface area (Å²) in [6, 6.07) is -0.455. The van der Waals surface area contributed by atoms with Crippen molar-refractivity contribution in [2.45, 2.75) is 38.6 Å². The van der Waals surface area contributed by atoms with Gasteiger partial charge in [-0.05, 0) is 26.7 Å². The Morgan fingerprint density at radius 2 is 2.05 bits per heavy atom. The molecule has 1 fully saturated rings. The molecule has 0 aromatic carbocycles. The third kappa shape index (κ3) is 4.20. The minimum atomic E-state index is -0.894. The van der Waals surface area contributed by atoms with E-state index >= 15 is 0 Å². The highest BCUT2D eigenvalue weighted by Crippen LogP contribution is 2.16. The van der Waals surface area contributed by atoms with Crippen molar-refractivity contribution in [2.24, 2.45) is 0 Å². The van der Waals surface area contributed by atoms with Crippen LogP contribution in [-0.4, -0.2) is 53.1 Å². The van der Waals surface area contributed by atoms with Crippen molar-refractivity contribution in [2.75, 3.05) is 19.7 Å². The number of aliphatic hydroxyl groups is 1. The summed E-state index contributed by atoms with van der Waals surface area (Å²) >= 11 is 0. The van der Waals surface area contributed by atoms with E-state index < -0.39 is 11.6 Å². The van der Waals surface area contributed by atoms with E-state index in [4.69, 9.17) is 5.11 Å². The maximum atomic E-state index is 11.8. The second kappa shape index (κ2) is 6.51. The quantitative estimate of drug-likeness (QED) is 0.433. The molecule has 1 heterocycles. The van der Waals surface area contributed by atoms with Crippen LogP contribution in [0.2, 0.25) is 0 Å². The van der Waals surface area contributed by atoms with E-state index in [0.29, 0.717) is 19.4 Å². The molecule has 1 aliphatic rings. The average Bonchev–Trinajstić information content (AvgIpc) is 2.52. The molecule has 0 saturated carbocycles. The molecule has 0 aromatic heterocycles. The van der Waals surface area contributed by atoms with Crippen LogP contribution >= 0.6 is 0 Å². The van der Waals surface area contributed by atoms with Crippen LogP contribution in [0.15, 0.2) is 0 Å². The Balaban J connectivity index is 2.31. The summed E-state index contributed by atoms with van der Waals surface area (Å²) in [5.74, 6) is -0.520. The third-order valence-corrected chi connectivity index (χ3v) is 2.91. The summed E-state index contributed by atoms with van der Waals surface area (Å²) in [6.45, 7) is 3.93. The minimum Gasteiger partial charge on any atom is -0.396 e. The topological polar surface area (TPSA) is 98.7 Å². The molecule has 0 bridgehead atoms. The molecular formula is C12H21N3O4. The second-order valence-electron chi connectivity index (χ2n) is 5.04. The van der Waals surface area contributed by atoms with Crippen LogP contribution in [0.5, 0.6) is 0 Å². The normalized spacial score (nSPS) is 17.5. The molecule has 1 aliphatic heterocycles. The van der Waals surface area contributed by atoms with Gasteiger partial charge in [0.15, 0.2) is 0 Å². The predicted molar refractivity (Wildman–Crippen MR) is 68.3 cm³/mol. The lowest BCUT2D eigenvalue weighted by molar-refractivity contribution is -0.130. The van der Waals surface area contributed by atoms with Gasteiger partial charge in [0.1, 0.15) is 5.54 Å². The number of unbranched alkanes of at least 4 members (excludes halogenated alkanes) is 1. The smallest absolute Gasteiger partial charge is 0.325 e. The zero-order valence-electron chi connectivity index (χ0n) is 11.4. The van der Waals surface area contributed by atoms with Gasteiger partial charge in [0, 0.05) is 26.1 Å². The SMILES string of the molecule is CC1(C)NC(=O)N(CCC(=O)NCCCCO)C1=O. The molecule has 4 amide bonds. The van der Waals surface area contributed by atoms with Crippen LogP contribution in [0.3, 0.4) is 0 Å². The summed E-state index contributed by atoms with van der Waals surface area (Å²) in [5, 5.41) is 13.8. The van der Waals surface area contributed by atoms with Crippen LogP contribution in [0.4, 0.5) is 4.79 Å². The number of carbonyl (C=O) groups is 3. The fourth-order valence-electron chi connectivity index (χ4n) is 1.79. The number of aliphatic hydroxyl groups excluding tert-OH is 1. The van der Waals surface area contributed by atoms with Crippen molar-refractivity contribution in [3.8, 4) is 0 Å². The summed E-state index contributed by atoms with van der Waals surface area (Å²) in [6.07, 6.45) is 1.44. The number of hydrogen-bond donors (Lipinski definition) is 3. The number of urea groups is 1. The van der Waals surface area contributed by atoms with Gasteiger partial charge >= 0.3 is 6.03 Å². The van der Waals surface area contributed by atoms with Crippen LogP contribution in [-0.2, 0) is 9.59 Å². The Kier molecular flexibility index (Phi) is 5.29.